The second-order valence-electron chi connectivity index (χ2n) is 10.4. The number of likely N-dealkylation sites (N-methyl/N-ethyl adjacent to an activating group) is 1. The van der Waals surface area contributed by atoms with E-state index in [1.165, 1.54) is 14.2 Å². The van der Waals surface area contributed by atoms with Gasteiger partial charge in [-0.15, -0.1) is 0 Å². The lowest BCUT2D eigenvalue weighted by molar-refractivity contribution is -0.171. The van der Waals surface area contributed by atoms with Crippen LogP contribution in [0.25, 0.3) is 0 Å². The normalized spacial score (nSPS) is 13.2. The molecular formula is C29H39N5O7. The highest BCUT2D eigenvalue weighted by Crippen LogP contribution is 2.10. The smallest absolute Gasteiger partial charge is 0.408 e. The Morgan fingerprint density at radius 3 is 1.71 bits per heavy atom. The van der Waals surface area contributed by atoms with E-state index in [-0.39, 0.29) is 12.8 Å². The number of nitrogens with two attached hydrogens (primary N) is 1. The van der Waals surface area contributed by atoms with Crippen molar-refractivity contribution in [3.05, 3.63) is 71.8 Å². The van der Waals surface area contributed by atoms with E-state index >= 15 is 0 Å². The van der Waals surface area contributed by atoms with Gasteiger partial charge in [-0.1, -0.05) is 60.7 Å². The molecule has 0 saturated carbocycles. The van der Waals surface area contributed by atoms with Crippen molar-refractivity contribution >= 4 is 29.7 Å². The fourth-order valence-corrected chi connectivity index (χ4v) is 3.82. The molecule has 0 heterocycles. The Morgan fingerprint density at radius 2 is 1.24 bits per heavy atom. The summed E-state index contributed by atoms with van der Waals surface area (Å²) in [5, 5.41) is 8.68. The fraction of sp³-hybridized carbons (Fsp3) is 0.414. The van der Waals surface area contributed by atoms with Gasteiger partial charge in [-0.05, 0) is 31.9 Å². The Labute approximate surface area is 239 Å². The molecular weight excluding hydrogens is 530 g/mol. The number of ether oxygens (including phenoxy) is 1. The van der Waals surface area contributed by atoms with Crippen LogP contribution in [0.3, 0.4) is 0 Å². The molecule has 0 bridgehead atoms. The summed E-state index contributed by atoms with van der Waals surface area (Å²) < 4.78 is 5.20. The molecule has 0 fully saturated rings. The van der Waals surface area contributed by atoms with Gasteiger partial charge in [0.15, 0.2) is 0 Å². The van der Waals surface area contributed by atoms with Gasteiger partial charge in [-0.25, -0.2) is 9.86 Å². The molecule has 222 valence electrons. The van der Waals surface area contributed by atoms with E-state index in [1.807, 2.05) is 30.3 Å². The summed E-state index contributed by atoms with van der Waals surface area (Å²) in [4.78, 5) is 69.1. The van der Waals surface area contributed by atoms with Crippen molar-refractivity contribution in [1.82, 2.24) is 21.0 Å². The van der Waals surface area contributed by atoms with Gasteiger partial charge in [0.05, 0.1) is 13.5 Å². The lowest BCUT2D eigenvalue weighted by Crippen LogP contribution is -2.58. The van der Waals surface area contributed by atoms with E-state index in [4.69, 9.17) is 15.3 Å². The third-order valence-corrected chi connectivity index (χ3v) is 5.81. The molecule has 0 unspecified atom stereocenters. The van der Waals surface area contributed by atoms with Gasteiger partial charge in [-0.2, -0.15) is 0 Å². The van der Waals surface area contributed by atoms with E-state index in [0.717, 1.165) is 16.2 Å². The van der Waals surface area contributed by atoms with Crippen molar-refractivity contribution < 1.29 is 33.5 Å². The first-order valence-electron chi connectivity index (χ1n) is 13.1. The number of primary amides is 1. The molecule has 5 amide bonds. The minimum absolute atomic E-state index is 0.0561. The van der Waals surface area contributed by atoms with Crippen LogP contribution in [-0.4, -0.2) is 72.7 Å². The number of hydroxylamine groups is 2. The molecule has 2 aromatic rings. The second kappa shape index (κ2) is 15.4. The van der Waals surface area contributed by atoms with Crippen LogP contribution in [0, 0.1) is 0 Å². The summed E-state index contributed by atoms with van der Waals surface area (Å²) in [5.41, 5.74) is 5.98. The first-order chi connectivity index (χ1) is 19.3. The summed E-state index contributed by atoms with van der Waals surface area (Å²) >= 11 is 0. The van der Waals surface area contributed by atoms with E-state index < -0.39 is 59.9 Å². The van der Waals surface area contributed by atoms with Crippen LogP contribution in [0.1, 0.15) is 38.3 Å². The minimum Gasteiger partial charge on any atom is -0.444 e. The predicted molar refractivity (Wildman–Crippen MR) is 151 cm³/mol. The molecule has 0 radical (unpaired) electrons. The largest absolute Gasteiger partial charge is 0.444 e. The van der Waals surface area contributed by atoms with Crippen molar-refractivity contribution in [2.45, 2.75) is 63.8 Å². The number of hydrogen-bond acceptors (Lipinski definition) is 7. The number of carbonyl (C=O) groups excluding carboxylic acids is 5. The van der Waals surface area contributed by atoms with Crippen molar-refractivity contribution in [3.8, 4) is 0 Å². The lowest BCUT2D eigenvalue weighted by atomic mass is 10.0. The van der Waals surface area contributed by atoms with E-state index in [2.05, 4.69) is 16.0 Å². The second-order valence-corrected chi connectivity index (χ2v) is 10.4. The van der Waals surface area contributed by atoms with Crippen LogP contribution < -0.4 is 21.7 Å². The fourth-order valence-electron chi connectivity index (χ4n) is 3.82. The predicted octanol–water partition coefficient (Wildman–Crippen LogP) is 1.23. The zero-order valence-electron chi connectivity index (χ0n) is 24.0. The number of hydrogen-bond donors (Lipinski definition) is 4. The lowest BCUT2D eigenvalue weighted by Gasteiger charge is -2.27. The van der Waals surface area contributed by atoms with Crippen LogP contribution in [0.15, 0.2) is 60.7 Å². The van der Waals surface area contributed by atoms with Crippen LogP contribution in [0.2, 0.25) is 0 Å². The highest BCUT2D eigenvalue weighted by atomic mass is 16.7. The topological polar surface area (TPSA) is 169 Å². The Bertz CT molecular complexity index is 1190. The summed E-state index contributed by atoms with van der Waals surface area (Å²) in [5.74, 6) is -2.84. The van der Waals surface area contributed by atoms with Gasteiger partial charge in [0, 0.05) is 19.9 Å². The number of benzene rings is 2. The van der Waals surface area contributed by atoms with Gasteiger partial charge in [0.25, 0.3) is 5.91 Å². The summed E-state index contributed by atoms with van der Waals surface area (Å²) in [6, 6.07) is 14.4. The number of nitrogens with zero attached hydrogens (tertiary/aromatic N) is 1. The van der Waals surface area contributed by atoms with Crippen LogP contribution in [-0.2, 0) is 41.6 Å². The van der Waals surface area contributed by atoms with E-state index in [9.17, 15) is 24.0 Å². The van der Waals surface area contributed by atoms with Gasteiger partial charge in [0.1, 0.15) is 23.7 Å². The molecule has 0 aliphatic carbocycles. The summed E-state index contributed by atoms with van der Waals surface area (Å²) in [6.45, 7) is 4.93. The van der Waals surface area contributed by atoms with E-state index in [0.29, 0.717) is 0 Å². The zero-order valence-corrected chi connectivity index (χ0v) is 24.0. The van der Waals surface area contributed by atoms with Crippen molar-refractivity contribution in [3.63, 3.8) is 0 Å². The third kappa shape index (κ3) is 11.7. The van der Waals surface area contributed by atoms with Gasteiger partial charge in [-0.3, -0.25) is 24.0 Å². The molecule has 12 heteroatoms. The Morgan fingerprint density at radius 1 is 0.780 bits per heavy atom. The van der Waals surface area contributed by atoms with E-state index in [1.54, 1.807) is 51.1 Å². The molecule has 0 aliphatic heterocycles. The number of amides is 5. The molecule has 0 spiro atoms. The molecule has 3 atom stereocenters. The maximum atomic E-state index is 13.6. The molecule has 5 N–H and O–H groups in total. The molecule has 0 aliphatic rings. The standard InChI is InChI=1S/C29H39N5O7/c1-29(2,3)41-28(39)33-22(18-24(30)35)26(37)31-21(16-19-12-8-6-9-13-19)25(36)32-23(27(38)34(4)40-5)17-20-14-10-7-11-15-20/h6-15,21-23H,16-18H2,1-5H3,(H2,30,35)(H,31,37)(H,32,36)(H,33,39)/t21-,22-,23-/m0/s1. The first-order valence-corrected chi connectivity index (χ1v) is 13.1. The maximum Gasteiger partial charge on any atom is 0.408 e. The number of carbonyl (C=O) groups is 5. The summed E-state index contributed by atoms with van der Waals surface area (Å²) in [7, 11) is 2.75. The maximum absolute atomic E-state index is 13.6. The average Bonchev–Trinajstić information content (AvgIpc) is 2.90. The third-order valence-electron chi connectivity index (χ3n) is 5.81. The van der Waals surface area contributed by atoms with Crippen LogP contribution in [0.4, 0.5) is 4.79 Å². The first kappa shape index (κ1) is 32.8. The van der Waals surface area contributed by atoms with Crippen LogP contribution >= 0.6 is 0 Å². The quantitative estimate of drug-likeness (QED) is 0.263. The molecule has 41 heavy (non-hydrogen) atoms. The Hall–Kier alpha value is -4.45. The highest BCUT2D eigenvalue weighted by Gasteiger charge is 2.32. The van der Waals surface area contributed by atoms with Gasteiger partial charge >= 0.3 is 6.09 Å². The number of alkyl carbamates (subject to hydrolysis) is 1. The van der Waals surface area contributed by atoms with Crippen LogP contribution in [0.5, 0.6) is 0 Å². The summed E-state index contributed by atoms with van der Waals surface area (Å²) in [6.07, 6.45) is -1.24. The molecule has 0 aromatic heterocycles. The molecule has 0 saturated heterocycles. The molecule has 12 nitrogen and oxygen atoms in total. The van der Waals surface area contributed by atoms with Crippen molar-refractivity contribution in [2.75, 3.05) is 14.2 Å². The highest BCUT2D eigenvalue weighted by molar-refractivity contribution is 5.95. The molecule has 2 rings (SSSR count). The monoisotopic (exact) mass is 569 g/mol. The number of rotatable bonds is 13. The van der Waals surface area contributed by atoms with Gasteiger partial charge < -0.3 is 26.4 Å². The van der Waals surface area contributed by atoms with Crippen molar-refractivity contribution in [2.24, 2.45) is 5.73 Å². The average molecular weight is 570 g/mol. The number of nitrogens with one attached hydrogen (secondary N) is 3. The Balaban J connectivity index is 2.32. The van der Waals surface area contributed by atoms with Gasteiger partial charge in [0.2, 0.25) is 17.7 Å². The molecule has 2 aromatic carbocycles. The minimum atomic E-state index is -1.41. The Kier molecular flexibility index (Phi) is 12.3. The van der Waals surface area contributed by atoms with Crippen molar-refractivity contribution in [1.29, 1.82) is 0 Å². The SMILES string of the molecule is CON(C)C(=O)[C@H](Cc1ccccc1)NC(=O)[C@H](Cc1ccccc1)NC(=O)[C@H](CC(N)=O)NC(=O)OC(C)(C)C. The zero-order chi connectivity index (χ0) is 30.6.